The second-order valence-electron chi connectivity index (χ2n) is 3.99. The molecular formula is C13H21N3O2. The number of ether oxygens (including phenoxy) is 1. The van der Waals surface area contributed by atoms with E-state index in [1.54, 1.807) is 18.3 Å². The van der Waals surface area contributed by atoms with Crippen molar-refractivity contribution in [1.82, 2.24) is 10.3 Å². The molecule has 18 heavy (non-hydrogen) atoms. The van der Waals surface area contributed by atoms with Gasteiger partial charge in [-0.2, -0.15) is 0 Å². The van der Waals surface area contributed by atoms with Crippen LogP contribution in [0.4, 0.5) is 5.69 Å². The molecule has 0 bridgehead atoms. The first-order valence-corrected chi connectivity index (χ1v) is 6.28. The van der Waals surface area contributed by atoms with Gasteiger partial charge in [0, 0.05) is 18.7 Å². The number of anilines is 1. The molecule has 0 aliphatic carbocycles. The highest BCUT2D eigenvalue weighted by molar-refractivity contribution is 5.93. The van der Waals surface area contributed by atoms with E-state index in [0.29, 0.717) is 24.7 Å². The van der Waals surface area contributed by atoms with E-state index in [1.165, 1.54) is 0 Å². The summed E-state index contributed by atoms with van der Waals surface area (Å²) >= 11 is 0. The average molecular weight is 251 g/mol. The maximum absolute atomic E-state index is 11.9. The summed E-state index contributed by atoms with van der Waals surface area (Å²) < 4.78 is 5.36. The topological polar surface area (TPSA) is 63.2 Å². The molecule has 0 saturated heterocycles. The largest absolute Gasteiger partial charge is 0.476 e. The average Bonchev–Trinajstić information content (AvgIpc) is 2.38. The highest BCUT2D eigenvalue weighted by Gasteiger charge is 2.14. The summed E-state index contributed by atoms with van der Waals surface area (Å²) in [5.41, 5.74) is 0.618. The Kier molecular flexibility index (Phi) is 6.14. The fraction of sp³-hybridized carbons (Fsp3) is 0.538. The maximum atomic E-state index is 11.9. The van der Waals surface area contributed by atoms with E-state index >= 15 is 0 Å². The van der Waals surface area contributed by atoms with Gasteiger partial charge in [-0.1, -0.05) is 13.8 Å². The molecular weight excluding hydrogens is 230 g/mol. The quantitative estimate of drug-likeness (QED) is 0.773. The van der Waals surface area contributed by atoms with Crippen molar-refractivity contribution in [3.8, 4) is 5.88 Å². The molecule has 5 heteroatoms. The number of hydrogen-bond acceptors (Lipinski definition) is 4. The second-order valence-corrected chi connectivity index (χ2v) is 3.99. The van der Waals surface area contributed by atoms with Crippen molar-refractivity contribution in [2.75, 3.05) is 25.0 Å². The van der Waals surface area contributed by atoms with Gasteiger partial charge in [-0.15, -0.1) is 0 Å². The Morgan fingerprint density at radius 2 is 2.28 bits per heavy atom. The van der Waals surface area contributed by atoms with E-state index in [4.69, 9.17) is 4.74 Å². The third kappa shape index (κ3) is 4.33. The molecule has 0 aliphatic rings. The molecule has 100 valence electrons. The number of carbonyl (C=O) groups is 1. The van der Waals surface area contributed by atoms with Crippen LogP contribution in [0.15, 0.2) is 18.3 Å². The molecule has 1 aromatic heterocycles. The molecule has 0 radical (unpaired) electrons. The first-order chi connectivity index (χ1) is 8.69. The standard InChI is InChI=1S/C13H21N3O2/c1-4-14-9-10(3)12(17)16-11-7-6-8-15-13(11)18-5-2/h6-8,10,14H,4-5,9H2,1-3H3,(H,16,17). The van der Waals surface area contributed by atoms with E-state index in [9.17, 15) is 4.79 Å². The molecule has 1 atom stereocenters. The highest BCUT2D eigenvalue weighted by Crippen LogP contribution is 2.20. The van der Waals surface area contributed by atoms with Gasteiger partial charge < -0.3 is 15.4 Å². The lowest BCUT2D eigenvalue weighted by molar-refractivity contribution is -0.119. The van der Waals surface area contributed by atoms with E-state index in [1.807, 2.05) is 20.8 Å². The molecule has 1 heterocycles. The monoisotopic (exact) mass is 251 g/mol. The molecule has 2 N–H and O–H groups in total. The van der Waals surface area contributed by atoms with Gasteiger partial charge >= 0.3 is 0 Å². The van der Waals surface area contributed by atoms with Crippen LogP contribution >= 0.6 is 0 Å². The molecule has 1 aromatic rings. The second kappa shape index (κ2) is 7.66. The van der Waals surface area contributed by atoms with Crippen molar-refractivity contribution in [3.05, 3.63) is 18.3 Å². The summed E-state index contributed by atoms with van der Waals surface area (Å²) in [6.45, 7) is 7.82. The minimum absolute atomic E-state index is 0.0371. The molecule has 0 aliphatic heterocycles. The third-order valence-electron chi connectivity index (χ3n) is 2.46. The number of amides is 1. The van der Waals surface area contributed by atoms with Crippen LogP contribution in [0, 0.1) is 5.92 Å². The van der Waals surface area contributed by atoms with Gasteiger partial charge in [-0.3, -0.25) is 4.79 Å². The van der Waals surface area contributed by atoms with Gasteiger partial charge in [-0.25, -0.2) is 4.98 Å². The molecule has 1 rings (SSSR count). The van der Waals surface area contributed by atoms with Crippen LogP contribution < -0.4 is 15.4 Å². The van der Waals surface area contributed by atoms with Crippen molar-refractivity contribution in [3.63, 3.8) is 0 Å². The van der Waals surface area contributed by atoms with Crippen LogP contribution in [-0.2, 0) is 4.79 Å². The number of carbonyl (C=O) groups excluding carboxylic acids is 1. The smallest absolute Gasteiger partial charge is 0.237 e. The van der Waals surface area contributed by atoms with Crippen LogP contribution in [0.25, 0.3) is 0 Å². The van der Waals surface area contributed by atoms with Crippen LogP contribution in [0.3, 0.4) is 0 Å². The zero-order valence-corrected chi connectivity index (χ0v) is 11.2. The lowest BCUT2D eigenvalue weighted by atomic mass is 10.1. The normalized spacial score (nSPS) is 11.9. The summed E-state index contributed by atoms with van der Waals surface area (Å²) in [6, 6.07) is 3.56. The number of rotatable bonds is 7. The Labute approximate surface area is 108 Å². The first-order valence-electron chi connectivity index (χ1n) is 6.28. The van der Waals surface area contributed by atoms with Gasteiger partial charge in [0.25, 0.3) is 0 Å². The number of pyridine rings is 1. The fourth-order valence-electron chi connectivity index (χ4n) is 1.45. The van der Waals surface area contributed by atoms with Gasteiger partial charge in [0.15, 0.2) is 0 Å². The summed E-state index contributed by atoms with van der Waals surface area (Å²) in [7, 11) is 0. The van der Waals surface area contributed by atoms with Crippen molar-refractivity contribution in [1.29, 1.82) is 0 Å². The van der Waals surface area contributed by atoms with Crippen LogP contribution in [-0.4, -0.2) is 30.6 Å². The van der Waals surface area contributed by atoms with E-state index in [2.05, 4.69) is 15.6 Å². The molecule has 5 nitrogen and oxygen atoms in total. The number of nitrogens with zero attached hydrogens (tertiary/aromatic N) is 1. The molecule has 1 unspecified atom stereocenters. The maximum Gasteiger partial charge on any atom is 0.237 e. The number of hydrogen-bond donors (Lipinski definition) is 2. The van der Waals surface area contributed by atoms with Crippen LogP contribution in [0.2, 0.25) is 0 Å². The Balaban J connectivity index is 2.63. The SMILES string of the molecule is CCNCC(C)C(=O)Nc1cccnc1OCC. The van der Waals surface area contributed by atoms with E-state index in [-0.39, 0.29) is 11.8 Å². The van der Waals surface area contributed by atoms with E-state index in [0.717, 1.165) is 6.54 Å². The van der Waals surface area contributed by atoms with Crippen molar-refractivity contribution in [2.45, 2.75) is 20.8 Å². The van der Waals surface area contributed by atoms with Crippen molar-refractivity contribution in [2.24, 2.45) is 5.92 Å². The Bertz CT molecular complexity index is 382. The molecule has 0 saturated carbocycles. The van der Waals surface area contributed by atoms with Crippen LogP contribution in [0.5, 0.6) is 5.88 Å². The molecule has 0 spiro atoms. The minimum Gasteiger partial charge on any atom is -0.476 e. The Morgan fingerprint density at radius 1 is 1.50 bits per heavy atom. The predicted octanol–water partition coefficient (Wildman–Crippen LogP) is 1.66. The number of aromatic nitrogens is 1. The Hall–Kier alpha value is -1.62. The molecule has 1 amide bonds. The van der Waals surface area contributed by atoms with Crippen LogP contribution in [0.1, 0.15) is 20.8 Å². The minimum atomic E-state index is -0.0976. The number of nitrogens with one attached hydrogen (secondary N) is 2. The third-order valence-corrected chi connectivity index (χ3v) is 2.46. The highest BCUT2D eigenvalue weighted by atomic mass is 16.5. The van der Waals surface area contributed by atoms with Gasteiger partial charge in [0.05, 0.1) is 6.61 Å². The van der Waals surface area contributed by atoms with Gasteiger partial charge in [0.1, 0.15) is 5.69 Å². The van der Waals surface area contributed by atoms with Gasteiger partial charge in [-0.05, 0) is 25.6 Å². The first kappa shape index (κ1) is 14.4. The van der Waals surface area contributed by atoms with Crippen molar-refractivity contribution < 1.29 is 9.53 Å². The molecule has 0 fully saturated rings. The zero-order chi connectivity index (χ0) is 13.4. The Morgan fingerprint density at radius 3 is 2.94 bits per heavy atom. The zero-order valence-electron chi connectivity index (χ0n) is 11.2. The lowest BCUT2D eigenvalue weighted by Gasteiger charge is -2.14. The van der Waals surface area contributed by atoms with E-state index < -0.39 is 0 Å². The van der Waals surface area contributed by atoms with Gasteiger partial charge in [0.2, 0.25) is 11.8 Å². The summed E-state index contributed by atoms with van der Waals surface area (Å²) in [6.07, 6.45) is 1.64. The fourth-order valence-corrected chi connectivity index (χ4v) is 1.45. The summed E-state index contributed by atoms with van der Waals surface area (Å²) in [5, 5.41) is 5.98. The predicted molar refractivity (Wildman–Crippen MR) is 71.7 cm³/mol. The molecule has 0 aromatic carbocycles. The summed E-state index contributed by atoms with van der Waals surface area (Å²) in [4.78, 5) is 16.0. The van der Waals surface area contributed by atoms with Crippen molar-refractivity contribution >= 4 is 11.6 Å². The summed E-state index contributed by atoms with van der Waals surface area (Å²) in [5.74, 6) is 0.327. The lowest BCUT2D eigenvalue weighted by Crippen LogP contribution is -2.30.